The van der Waals surface area contributed by atoms with Crippen molar-refractivity contribution in [2.24, 2.45) is 0 Å². The summed E-state index contributed by atoms with van der Waals surface area (Å²) in [6.45, 7) is 5.24. The van der Waals surface area contributed by atoms with E-state index in [1.54, 1.807) is 24.3 Å². The minimum atomic E-state index is -3.96. The van der Waals surface area contributed by atoms with Gasteiger partial charge >= 0.3 is 16.2 Å². The molecule has 0 bridgehead atoms. The highest BCUT2D eigenvalue weighted by molar-refractivity contribution is 7.86. The van der Waals surface area contributed by atoms with Crippen molar-refractivity contribution in [1.82, 2.24) is 13.8 Å². The van der Waals surface area contributed by atoms with Crippen molar-refractivity contribution in [3.8, 4) is 17.2 Å². The van der Waals surface area contributed by atoms with E-state index < -0.39 is 16.2 Å². The summed E-state index contributed by atoms with van der Waals surface area (Å²) >= 11 is 0. The van der Waals surface area contributed by atoms with Crippen LogP contribution in [-0.4, -0.2) is 48.8 Å². The summed E-state index contributed by atoms with van der Waals surface area (Å²) in [6, 6.07) is 14.9. The summed E-state index contributed by atoms with van der Waals surface area (Å²) < 4.78 is 38.2. The predicted molar refractivity (Wildman–Crippen MR) is 127 cm³/mol. The molecule has 1 heterocycles. The smallest absolute Gasteiger partial charge is 0.323 e. The Bertz CT molecular complexity index is 1240. The monoisotopic (exact) mass is 487 g/mol. The van der Waals surface area contributed by atoms with Gasteiger partial charge in [0.1, 0.15) is 11.5 Å². The summed E-state index contributed by atoms with van der Waals surface area (Å²) in [4.78, 5) is 20.9. The molecule has 0 saturated carbocycles. The van der Waals surface area contributed by atoms with Crippen LogP contribution in [-0.2, 0) is 32.8 Å². The Hall–Kier alpha value is -3.21. The molecule has 34 heavy (non-hydrogen) atoms. The van der Waals surface area contributed by atoms with Gasteiger partial charge in [0.05, 0.1) is 18.8 Å². The second kappa shape index (κ2) is 10.8. The van der Waals surface area contributed by atoms with E-state index in [2.05, 4.69) is 4.98 Å². The molecule has 0 fully saturated rings. The third kappa shape index (κ3) is 6.43. The zero-order chi connectivity index (χ0) is 24.9. The van der Waals surface area contributed by atoms with Gasteiger partial charge in [-0.2, -0.15) is 12.7 Å². The maximum Gasteiger partial charge on any atom is 0.323 e. The largest absolute Gasteiger partial charge is 0.493 e. The number of ether oxygens (including phenoxy) is 1. The van der Waals surface area contributed by atoms with Gasteiger partial charge in [0, 0.05) is 33.0 Å². The Balaban J connectivity index is 1.65. The van der Waals surface area contributed by atoms with E-state index in [4.69, 9.17) is 14.0 Å². The van der Waals surface area contributed by atoms with Crippen LogP contribution >= 0.6 is 0 Å². The number of oxazole rings is 1. The molecule has 0 atom stereocenters. The minimum Gasteiger partial charge on any atom is -0.493 e. The molecule has 3 aromatic rings. The number of carbonyl (C=O) groups is 1. The van der Waals surface area contributed by atoms with Crippen molar-refractivity contribution in [3.05, 3.63) is 71.1 Å². The van der Waals surface area contributed by atoms with E-state index in [0.29, 0.717) is 34.7 Å². The summed E-state index contributed by atoms with van der Waals surface area (Å²) in [5.41, 5.74) is 3.49. The maximum atomic E-state index is 12.5. The average molecular weight is 488 g/mol. The van der Waals surface area contributed by atoms with Crippen LogP contribution in [0.4, 0.5) is 0 Å². The van der Waals surface area contributed by atoms with Crippen LogP contribution < -0.4 is 4.74 Å². The van der Waals surface area contributed by atoms with Gasteiger partial charge in [0.15, 0.2) is 0 Å². The van der Waals surface area contributed by atoms with Gasteiger partial charge in [-0.1, -0.05) is 29.8 Å². The summed E-state index contributed by atoms with van der Waals surface area (Å²) in [7, 11) is -1.24. The Morgan fingerprint density at radius 1 is 1.09 bits per heavy atom. The highest BCUT2D eigenvalue weighted by Crippen LogP contribution is 2.23. The predicted octanol–water partition coefficient (Wildman–Crippen LogP) is 3.67. The first-order valence-electron chi connectivity index (χ1n) is 10.7. The second-order valence-corrected chi connectivity index (χ2v) is 10.0. The van der Waals surface area contributed by atoms with Crippen molar-refractivity contribution in [2.45, 2.75) is 33.7 Å². The van der Waals surface area contributed by atoms with Crippen molar-refractivity contribution >= 4 is 16.2 Å². The average Bonchev–Trinajstić information content (AvgIpc) is 3.14. The molecule has 2 aromatic carbocycles. The Kier molecular flexibility index (Phi) is 8.08. The standard InChI is InChI=1S/C24H29N3O6S/c1-17-9-11-21(12-10-17)24-25-23(18(2)32-24)13-14-31-22-8-6-7-20(15-22)16-27(33-19(3)28)34(29,30)26(4)5/h6-12,15H,13-14,16H2,1-5H3. The summed E-state index contributed by atoms with van der Waals surface area (Å²) in [6.07, 6.45) is 0.542. The lowest BCUT2D eigenvalue weighted by Crippen LogP contribution is -2.40. The molecule has 0 aliphatic heterocycles. The van der Waals surface area contributed by atoms with E-state index in [0.717, 1.165) is 33.8 Å². The lowest BCUT2D eigenvalue weighted by molar-refractivity contribution is -0.168. The molecule has 0 radical (unpaired) electrons. The number of hydrogen-bond acceptors (Lipinski definition) is 7. The van der Waals surface area contributed by atoms with Gasteiger partial charge in [0.2, 0.25) is 5.89 Å². The first-order valence-corrected chi connectivity index (χ1v) is 12.1. The van der Waals surface area contributed by atoms with Crippen molar-refractivity contribution in [2.75, 3.05) is 20.7 Å². The normalized spacial score (nSPS) is 11.7. The molecule has 3 rings (SSSR count). The first-order chi connectivity index (χ1) is 16.1. The zero-order valence-electron chi connectivity index (χ0n) is 19.9. The van der Waals surface area contributed by atoms with Crippen LogP contribution in [0.2, 0.25) is 0 Å². The van der Waals surface area contributed by atoms with E-state index in [-0.39, 0.29) is 6.54 Å². The molecule has 0 spiro atoms. The van der Waals surface area contributed by atoms with E-state index in [1.165, 1.54) is 14.1 Å². The zero-order valence-corrected chi connectivity index (χ0v) is 20.8. The van der Waals surface area contributed by atoms with Crippen LogP contribution in [0.15, 0.2) is 52.9 Å². The summed E-state index contributed by atoms with van der Waals surface area (Å²) in [5.74, 6) is 1.13. The molecule has 10 heteroatoms. The van der Waals surface area contributed by atoms with E-state index in [9.17, 15) is 13.2 Å². The van der Waals surface area contributed by atoms with E-state index in [1.807, 2.05) is 38.1 Å². The molecular formula is C24H29N3O6S. The van der Waals surface area contributed by atoms with Gasteiger partial charge in [-0.25, -0.2) is 4.98 Å². The highest BCUT2D eigenvalue weighted by atomic mass is 32.2. The molecular weight excluding hydrogens is 458 g/mol. The fraction of sp³-hybridized carbons (Fsp3) is 0.333. The van der Waals surface area contributed by atoms with Gasteiger partial charge in [0.25, 0.3) is 0 Å². The Labute approximate surface area is 200 Å². The fourth-order valence-electron chi connectivity index (χ4n) is 3.11. The molecule has 0 unspecified atom stereocenters. The third-order valence-corrected chi connectivity index (χ3v) is 6.60. The van der Waals surface area contributed by atoms with Crippen LogP contribution in [0.5, 0.6) is 5.75 Å². The molecule has 0 saturated heterocycles. The lowest BCUT2D eigenvalue weighted by Gasteiger charge is -2.23. The number of benzene rings is 2. The number of aryl methyl sites for hydroxylation is 2. The SMILES string of the molecule is CC(=O)ON(Cc1cccc(OCCc2nc(-c3ccc(C)cc3)oc2C)c1)S(=O)(=O)N(C)C. The van der Waals surface area contributed by atoms with Crippen LogP contribution in [0.3, 0.4) is 0 Å². The van der Waals surface area contributed by atoms with Gasteiger partial charge in [-0.3, -0.25) is 4.79 Å². The number of aromatic nitrogens is 1. The molecule has 0 aliphatic carbocycles. The first kappa shape index (κ1) is 25.4. The topological polar surface area (TPSA) is 102 Å². The second-order valence-electron chi connectivity index (χ2n) is 7.97. The molecule has 9 nitrogen and oxygen atoms in total. The molecule has 0 amide bonds. The van der Waals surface area contributed by atoms with Crippen molar-refractivity contribution in [3.63, 3.8) is 0 Å². The number of hydroxylamine groups is 1. The van der Waals surface area contributed by atoms with Gasteiger partial charge in [-0.05, 0) is 48.1 Å². The van der Waals surface area contributed by atoms with Crippen LogP contribution in [0, 0.1) is 13.8 Å². The van der Waals surface area contributed by atoms with Crippen molar-refractivity contribution < 1.29 is 27.2 Å². The van der Waals surface area contributed by atoms with Crippen LogP contribution in [0.1, 0.15) is 29.5 Å². The molecule has 182 valence electrons. The third-order valence-electron chi connectivity index (χ3n) is 4.96. The molecule has 0 aliphatic rings. The quantitative estimate of drug-likeness (QED) is 0.402. The number of hydrogen-bond donors (Lipinski definition) is 0. The number of carbonyl (C=O) groups excluding carboxylic acids is 1. The Morgan fingerprint density at radius 2 is 1.79 bits per heavy atom. The minimum absolute atomic E-state index is 0.153. The van der Waals surface area contributed by atoms with E-state index >= 15 is 0 Å². The lowest BCUT2D eigenvalue weighted by atomic mass is 10.1. The van der Waals surface area contributed by atoms with Gasteiger partial charge in [-0.15, -0.1) is 0 Å². The molecule has 0 N–H and O–H groups in total. The maximum absolute atomic E-state index is 12.5. The van der Waals surface area contributed by atoms with Gasteiger partial charge < -0.3 is 14.0 Å². The number of rotatable bonds is 10. The highest BCUT2D eigenvalue weighted by Gasteiger charge is 2.28. The fourth-order valence-corrected chi connectivity index (χ4v) is 3.99. The Morgan fingerprint density at radius 3 is 2.44 bits per heavy atom. The van der Waals surface area contributed by atoms with Crippen LogP contribution in [0.25, 0.3) is 11.5 Å². The number of nitrogens with zero attached hydrogens (tertiary/aromatic N) is 3. The summed E-state index contributed by atoms with van der Waals surface area (Å²) in [5, 5.41) is 0. The molecule has 1 aromatic heterocycles. The van der Waals surface area contributed by atoms with Crippen molar-refractivity contribution in [1.29, 1.82) is 0 Å².